The summed E-state index contributed by atoms with van der Waals surface area (Å²) in [5.74, 6) is 0.885. The van der Waals surface area contributed by atoms with E-state index in [-0.39, 0.29) is 12.5 Å². The van der Waals surface area contributed by atoms with E-state index >= 15 is 0 Å². The molecule has 88 valence electrons. The molecule has 16 heavy (non-hydrogen) atoms. The molecule has 2 bridgehead atoms. The van der Waals surface area contributed by atoms with Gasteiger partial charge in [0, 0.05) is 6.40 Å². The lowest BCUT2D eigenvalue weighted by Crippen LogP contribution is -2.09. The number of hydrogen-bond acceptors (Lipinski definition) is 4. The van der Waals surface area contributed by atoms with Crippen LogP contribution in [0.25, 0.3) is 0 Å². The lowest BCUT2D eigenvalue weighted by molar-refractivity contribution is -0.118. The van der Waals surface area contributed by atoms with E-state index in [1.165, 1.54) is 6.42 Å². The number of ether oxygens (including phenoxy) is 1. The molecule has 0 aromatic heterocycles. The fourth-order valence-electron chi connectivity index (χ4n) is 2.42. The average Bonchev–Trinajstić information content (AvgIpc) is 2.93. The van der Waals surface area contributed by atoms with Gasteiger partial charge in [-0.1, -0.05) is 0 Å². The van der Waals surface area contributed by atoms with Gasteiger partial charge in [-0.3, -0.25) is 0 Å². The van der Waals surface area contributed by atoms with Gasteiger partial charge in [0.15, 0.2) is 0 Å². The first kappa shape index (κ1) is 11.3. The maximum atomic E-state index is 10.6. The number of amides is 1. The second kappa shape index (κ2) is 4.78. The van der Waals surface area contributed by atoms with Gasteiger partial charge in [-0.05, 0) is 37.5 Å². The van der Waals surface area contributed by atoms with E-state index in [4.69, 9.17) is 0 Å². The van der Waals surface area contributed by atoms with Crippen LogP contribution in [0.15, 0.2) is 4.99 Å². The summed E-state index contributed by atoms with van der Waals surface area (Å²) >= 11 is 0. The Morgan fingerprint density at radius 3 is 2.44 bits per heavy atom. The van der Waals surface area contributed by atoms with Gasteiger partial charge in [0.05, 0.1) is 11.5 Å². The molecule has 0 radical (unpaired) electrons. The maximum Gasteiger partial charge on any atom is 0.213 e. The second-order valence-electron chi connectivity index (χ2n) is 4.17. The molecule has 0 N–H and O–H groups in total. The van der Waals surface area contributed by atoms with Crippen molar-refractivity contribution in [1.29, 1.82) is 0 Å². The molecule has 1 aliphatic heterocycles. The van der Waals surface area contributed by atoms with Crippen LogP contribution in [0.4, 0.5) is 0 Å². The Morgan fingerprint density at radius 2 is 2.19 bits per heavy atom. The summed E-state index contributed by atoms with van der Waals surface area (Å²) in [6.07, 6.45) is 6.43. The Kier molecular flexibility index (Phi) is 3.38. The van der Waals surface area contributed by atoms with Crippen LogP contribution in [0.3, 0.4) is 0 Å². The van der Waals surface area contributed by atoms with E-state index in [9.17, 15) is 13.2 Å². The molecule has 0 saturated heterocycles. The topological polar surface area (TPSA) is 72.8 Å². The zero-order valence-corrected chi connectivity index (χ0v) is 9.50. The van der Waals surface area contributed by atoms with Gasteiger partial charge in [0.1, 0.15) is 5.91 Å². The standard InChI is InChI=1S/C7H10O2S.C3H2NO2/c8-10(9)7-4-5-1-2-6(7)3-5;5-3-1-6-2-4-3/h5-6H,1-4H2;1H2/q;-1. The number of nitrogens with zero attached hydrogens (tertiary/aromatic N) is 1. The highest BCUT2D eigenvalue weighted by Gasteiger charge is 2.37. The van der Waals surface area contributed by atoms with Crippen molar-refractivity contribution in [2.75, 3.05) is 6.61 Å². The van der Waals surface area contributed by atoms with Gasteiger partial charge in [0.25, 0.3) is 0 Å². The van der Waals surface area contributed by atoms with Crippen molar-refractivity contribution in [3.63, 3.8) is 0 Å². The van der Waals surface area contributed by atoms with Gasteiger partial charge in [0.2, 0.25) is 10.3 Å². The van der Waals surface area contributed by atoms with Gasteiger partial charge in [-0.15, -0.1) is 0 Å². The molecule has 1 heterocycles. The summed E-state index contributed by atoms with van der Waals surface area (Å²) < 4.78 is 25.4. The van der Waals surface area contributed by atoms with Crippen molar-refractivity contribution < 1.29 is 17.9 Å². The first-order chi connectivity index (χ1) is 7.66. The molecule has 3 aliphatic rings. The third kappa shape index (κ3) is 2.49. The van der Waals surface area contributed by atoms with E-state index in [0.29, 0.717) is 11.8 Å². The molecule has 3 rings (SSSR count). The van der Waals surface area contributed by atoms with Gasteiger partial charge < -0.3 is 14.5 Å². The van der Waals surface area contributed by atoms with Crippen LogP contribution in [0.5, 0.6) is 0 Å². The molecule has 0 spiro atoms. The molecule has 6 heteroatoms. The fraction of sp³-hybridized carbons (Fsp3) is 0.700. The predicted molar refractivity (Wildman–Crippen MR) is 57.8 cm³/mol. The fourth-order valence-corrected chi connectivity index (χ4v) is 3.28. The van der Waals surface area contributed by atoms with E-state index in [0.717, 1.165) is 24.1 Å². The number of rotatable bonds is 0. The van der Waals surface area contributed by atoms with Crippen molar-refractivity contribution in [2.45, 2.75) is 25.7 Å². The molecule has 2 aliphatic carbocycles. The van der Waals surface area contributed by atoms with Crippen molar-refractivity contribution in [3.8, 4) is 0 Å². The minimum absolute atomic E-state index is 0.0694. The molecule has 2 saturated carbocycles. The lowest BCUT2D eigenvalue weighted by atomic mass is 10.0. The van der Waals surface area contributed by atoms with Gasteiger partial charge in [-0.2, -0.15) is 8.42 Å². The molecule has 2 fully saturated rings. The molecule has 1 amide bonds. The lowest BCUT2D eigenvalue weighted by Gasteiger charge is -2.07. The number of carbonyl (C=O) groups is 1. The molecular formula is C10H12NO4S-. The van der Waals surface area contributed by atoms with Crippen LogP contribution in [0.1, 0.15) is 25.7 Å². The number of hydrogen-bond donors (Lipinski definition) is 0. The van der Waals surface area contributed by atoms with Crippen LogP contribution in [-0.4, -0.2) is 32.2 Å². The van der Waals surface area contributed by atoms with Crippen LogP contribution in [0, 0.1) is 11.8 Å². The Morgan fingerprint density at radius 1 is 1.38 bits per heavy atom. The van der Waals surface area contributed by atoms with Crippen molar-refractivity contribution in [1.82, 2.24) is 0 Å². The SMILES string of the molecule is O=C1CO[C-]=N1.O=S(=O)=C1CC2CCC1C2. The van der Waals surface area contributed by atoms with Crippen LogP contribution in [-0.2, 0) is 19.8 Å². The number of carbonyl (C=O) groups excluding carboxylic acids is 1. The molecular weight excluding hydrogens is 230 g/mol. The van der Waals surface area contributed by atoms with Gasteiger partial charge in [-0.25, -0.2) is 0 Å². The highest BCUT2D eigenvalue weighted by molar-refractivity contribution is 7.73. The normalized spacial score (nSPS) is 30.0. The molecule has 2 atom stereocenters. The minimum Gasteiger partial charge on any atom is -0.581 e. The Bertz CT molecular complexity index is 443. The third-order valence-corrected chi connectivity index (χ3v) is 4.06. The summed E-state index contributed by atoms with van der Waals surface area (Å²) in [4.78, 5) is 13.8. The monoisotopic (exact) mass is 242 g/mol. The Hall–Kier alpha value is -1.17. The summed E-state index contributed by atoms with van der Waals surface area (Å²) in [5, 5.41) is 0. The van der Waals surface area contributed by atoms with Crippen LogP contribution in [0.2, 0.25) is 0 Å². The molecule has 0 aromatic rings. The summed E-state index contributed by atoms with van der Waals surface area (Å²) in [5.41, 5.74) is 0. The summed E-state index contributed by atoms with van der Waals surface area (Å²) in [6.45, 7) is 0.0694. The molecule has 5 nitrogen and oxygen atoms in total. The molecule has 2 unspecified atom stereocenters. The second-order valence-corrected chi connectivity index (χ2v) is 5.16. The summed E-state index contributed by atoms with van der Waals surface area (Å²) in [7, 11) is -1.87. The first-order valence-corrected chi connectivity index (χ1v) is 6.29. The van der Waals surface area contributed by atoms with Crippen LogP contribution < -0.4 is 0 Å². The highest BCUT2D eigenvalue weighted by atomic mass is 32.2. The van der Waals surface area contributed by atoms with Gasteiger partial charge >= 0.3 is 0 Å². The third-order valence-electron chi connectivity index (χ3n) is 3.13. The van der Waals surface area contributed by atoms with E-state index in [2.05, 4.69) is 9.73 Å². The van der Waals surface area contributed by atoms with E-state index < -0.39 is 10.3 Å². The van der Waals surface area contributed by atoms with Crippen LogP contribution >= 0.6 is 0 Å². The largest absolute Gasteiger partial charge is 0.581 e. The quantitative estimate of drug-likeness (QED) is 0.452. The number of aliphatic imine (C=N–C) groups is 1. The van der Waals surface area contributed by atoms with E-state index in [1.807, 2.05) is 6.40 Å². The predicted octanol–water partition coefficient (Wildman–Crippen LogP) is 0.306. The van der Waals surface area contributed by atoms with Crippen molar-refractivity contribution >= 4 is 27.5 Å². The Labute approximate surface area is 95.0 Å². The van der Waals surface area contributed by atoms with E-state index in [1.54, 1.807) is 0 Å². The Balaban J connectivity index is 0.000000138. The maximum absolute atomic E-state index is 10.6. The van der Waals surface area contributed by atoms with Crippen molar-refractivity contribution in [2.24, 2.45) is 16.8 Å². The zero-order valence-electron chi connectivity index (χ0n) is 8.68. The zero-order chi connectivity index (χ0) is 11.5. The number of fused-ring (bicyclic) bond motifs is 2. The smallest absolute Gasteiger partial charge is 0.213 e. The average molecular weight is 242 g/mol. The molecule has 0 aromatic carbocycles. The summed E-state index contributed by atoms with van der Waals surface area (Å²) in [6, 6.07) is 0. The minimum atomic E-state index is -1.87. The first-order valence-electron chi connectivity index (χ1n) is 5.22. The highest BCUT2D eigenvalue weighted by Crippen LogP contribution is 2.42. The van der Waals surface area contributed by atoms with Crippen molar-refractivity contribution in [3.05, 3.63) is 0 Å².